The number of anilines is 2. The molecular weight excluding hydrogens is 290 g/mol. The average Bonchev–Trinajstić information content (AvgIpc) is 2.46. The molecule has 0 atom stereocenters. The quantitative estimate of drug-likeness (QED) is 0.907. The summed E-state index contributed by atoms with van der Waals surface area (Å²) in [5, 5.41) is 5.03. The van der Waals surface area contributed by atoms with Crippen LogP contribution >= 0.6 is 0 Å². The van der Waals surface area contributed by atoms with Crippen LogP contribution < -0.4 is 10.6 Å². The molecule has 0 radical (unpaired) electrons. The van der Waals surface area contributed by atoms with Gasteiger partial charge in [-0.3, -0.25) is 9.59 Å². The Bertz CT molecular complexity index is 697. The molecule has 2 N–H and O–H groups in total. The number of rotatable bonds is 4. The van der Waals surface area contributed by atoms with Crippen molar-refractivity contribution in [2.24, 2.45) is 0 Å². The van der Waals surface area contributed by atoms with Crippen LogP contribution in [0.3, 0.4) is 0 Å². The van der Waals surface area contributed by atoms with Crippen molar-refractivity contribution < 1.29 is 18.4 Å². The first kappa shape index (κ1) is 15.6. The highest BCUT2D eigenvalue weighted by molar-refractivity contribution is 6.05. The molecule has 22 heavy (non-hydrogen) atoms. The normalized spacial score (nSPS) is 10.1. The van der Waals surface area contributed by atoms with Crippen molar-refractivity contribution >= 4 is 23.2 Å². The molecular formula is C16H14F2N2O2. The molecule has 0 aliphatic carbocycles. The van der Waals surface area contributed by atoms with Crippen LogP contribution in [-0.4, -0.2) is 11.8 Å². The molecule has 0 aliphatic rings. The van der Waals surface area contributed by atoms with Crippen molar-refractivity contribution in [3.63, 3.8) is 0 Å². The van der Waals surface area contributed by atoms with Crippen LogP contribution in [0.4, 0.5) is 20.2 Å². The van der Waals surface area contributed by atoms with Crippen LogP contribution in [0.1, 0.15) is 23.7 Å². The molecule has 0 heterocycles. The summed E-state index contributed by atoms with van der Waals surface area (Å²) in [6.07, 6.45) is 0.318. The van der Waals surface area contributed by atoms with Crippen molar-refractivity contribution in [2.45, 2.75) is 13.3 Å². The first-order chi connectivity index (χ1) is 10.5. The van der Waals surface area contributed by atoms with Crippen LogP contribution in [-0.2, 0) is 4.79 Å². The van der Waals surface area contributed by atoms with Gasteiger partial charge >= 0.3 is 0 Å². The number of halogens is 2. The first-order valence-corrected chi connectivity index (χ1v) is 6.65. The van der Waals surface area contributed by atoms with E-state index in [1.54, 1.807) is 19.1 Å². The van der Waals surface area contributed by atoms with E-state index in [1.807, 2.05) is 0 Å². The predicted octanol–water partition coefficient (Wildman–Crippen LogP) is 3.57. The Morgan fingerprint density at radius 3 is 2.27 bits per heavy atom. The van der Waals surface area contributed by atoms with E-state index < -0.39 is 17.5 Å². The van der Waals surface area contributed by atoms with Gasteiger partial charge < -0.3 is 10.6 Å². The second-order valence-corrected chi connectivity index (χ2v) is 4.59. The van der Waals surface area contributed by atoms with Crippen molar-refractivity contribution in [2.75, 3.05) is 10.6 Å². The monoisotopic (exact) mass is 304 g/mol. The lowest BCUT2D eigenvalue weighted by molar-refractivity contribution is -0.115. The molecule has 0 unspecified atom stereocenters. The summed E-state index contributed by atoms with van der Waals surface area (Å²) in [5.41, 5.74) is 0.758. The minimum atomic E-state index is -0.778. The van der Waals surface area contributed by atoms with Gasteiger partial charge in [-0.25, -0.2) is 8.78 Å². The lowest BCUT2D eigenvalue weighted by atomic mass is 10.1. The molecule has 114 valence electrons. The van der Waals surface area contributed by atoms with E-state index in [0.29, 0.717) is 12.1 Å². The fourth-order valence-corrected chi connectivity index (χ4v) is 1.82. The van der Waals surface area contributed by atoms with Crippen molar-refractivity contribution in [3.05, 3.63) is 59.7 Å². The van der Waals surface area contributed by atoms with Crippen molar-refractivity contribution in [1.29, 1.82) is 0 Å². The predicted molar refractivity (Wildman–Crippen MR) is 79.7 cm³/mol. The molecule has 0 aliphatic heterocycles. The highest BCUT2D eigenvalue weighted by Crippen LogP contribution is 2.16. The lowest BCUT2D eigenvalue weighted by Gasteiger charge is -2.08. The Morgan fingerprint density at radius 2 is 1.64 bits per heavy atom. The van der Waals surface area contributed by atoms with Crippen LogP contribution in [0.25, 0.3) is 0 Å². The SMILES string of the molecule is CCC(=O)Nc1cccc(C(=O)Nc2cc(F)cc(F)c2)c1. The van der Waals surface area contributed by atoms with Gasteiger partial charge in [0.2, 0.25) is 5.91 Å². The average molecular weight is 304 g/mol. The molecule has 0 aromatic heterocycles. The molecule has 0 saturated carbocycles. The van der Waals surface area contributed by atoms with Gasteiger partial charge in [0, 0.05) is 29.4 Å². The maximum absolute atomic E-state index is 13.1. The Hall–Kier alpha value is -2.76. The molecule has 0 saturated heterocycles. The maximum atomic E-state index is 13.1. The largest absolute Gasteiger partial charge is 0.326 e. The van der Waals surface area contributed by atoms with E-state index in [2.05, 4.69) is 10.6 Å². The highest BCUT2D eigenvalue weighted by Gasteiger charge is 2.09. The van der Waals surface area contributed by atoms with Crippen LogP contribution in [0.15, 0.2) is 42.5 Å². The number of hydrogen-bond donors (Lipinski definition) is 2. The van der Waals surface area contributed by atoms with Gasteiger partial charge in [-0.05, 0) is 30.3 Å². The van der Waals surface area contributed by atoms with Gasteiger partial charge in [-0.15, -0.1) is 0 Å². The van der Waals surface area contributed by atoms with Crippen LogP contribution in [0, 0.1) is 11.6 Å². The van der Waals surface area contributed by atoms with Crippen LogP contribution in [0.2, 0.25) is 0 Å². The zero-order valence-corrected chi connectivity index (χ0v) is 11.8. The van der Waals surface area contributed by atoms with E-state index >= 15 is 0 Å². The number of benzene rings is 2. The molecule has 2 rings (SSSR count). The minimum absolute atomic E-state index is 0.0190. The minimum Gasteiger partial charge on any atom is -0.326 e. The van der Waals surface area contributed by atoms with Gasteiger partial charge in [-0.1, -0.05) is 13.0 Å². The molecule has 0 spiro atoms. The molecule has 4 nitrogen and oxygen atoms in total. The third-order valence-corrected chi connectivity index (χ3v) is 2.85. The zero-order chi connectivity index (χ0) is 16.1. The van der Waals surface area contributed by atoms with Gasteiger partial charge in [0.25, 0.3) is 5.91 Å². The fraction of sp³-hybridized carbons (Fsp3) is 0.125. The number of hydrogen-bond acceptors (Lipinski definition) is 2. The van der Waals surface area contributed by atoms with Gasteiger partial charge in [0.05, 0.1) is 0 Å². The summed E-state index contributed by atoms with van der Waals surface area (Å²) in [6.45, 7) is 1.71. The zero-order valence-electron chi connectivity index (χ0n) is 11.8. The van der Waals surface area contributed by atoms with Crippen molar-refractivity contribution in [3.8, 4) is 0 Å². The summed E-state index contributed by atoms with van der Waals surface area (Å²) >= 11 is 0. The Kier molecular flexibility index (Phi) is 4.83. The van der Waals surface area contributed by atoms with Gasteiger partial charge in [0.1, 0.15) is 11.6 Å². The second kappa shape index (κ2) is 6.80. The number of amides is 2. The molecule has 2 aromatic rings. The Morgan fingerprint density at radius 1 is 0.955 bits per heavy atom. The topological polar surface area (TPSA) is 58.2 Å². The smallest absolute Gasteiger partial charge is 0.255 e. The molecule has 0 fully saturated rings. The molecule has 0 bridgehead atoms. The summed E-state index contributed by atoms with van der Waals surface area (Å²) in [7, 11) is 0. The Balaban J connectivity index is 2.15. The van der Waals surface area contributed by atoms with E-state index in [1.165, 1.54) is 12.1 Å². The van der Waals surface area contributed by atoms with Gasteiger partial charge in [-0.2, -0.15) is 0 Å². The number of nitrogens with one attached hydrogen (secondary N) is 2. The first-order valence-electron chi connectivity index (χ1n) is 6.65. The van der Waals surface area contributed by atoms with E-state index in [9.17, 15) is 18.4 Å². The molecule has 6 heteroatoms. The van der Waals surface area contributed by atoms with E-state index in [0.717, 1.165) is 18.2 Å². The molecule has 2 amide bonds. The standard InChI is InChI=1S/C16H14F2N2O2/c1-2-15(21)19-13-5-3-4-10(6-13)16(22)20-14-8-11(17)7-12(18)9-14/h3-9H,2H2,1H3,(H,19,21)(H,20,22). The summed E-state index contributed by atoms with van der Waals surface area (Å²) < 4.78 is 26.2. The Labute approximate surface area is 126 Å². The second-order valence-electron chi connectivity index (χ2n) is 4.59. The number of carbonyl (C=O) groups excluding carboxylic acids is 2. The third kappa shape index (κ3) is 4.12. The summed E-state index contributed by atoms with van der Waals surface area (Å²) in [6, 6.07) is 9.02. The van der Waals surface area contributed by atoms with Crippen molar-refractivity contribution in [1.82, 2.24) is 0 Å². The molecule has 2 aromatic carbocycles. The van der Waals surface area contributed by atoms with Gasteiger partial charge in [0.15, 0.2) is 0 Å². The maximum Gasteiger partial charge on any atom is 0.255 e. The van der Waals surface area contributed by atoms with E-state index in [4.69, 9.17) is 0 Å². The summed E-state index contributed by atoms with van der Waals surface area (Å²) in [4.78, 5) is 23.4. The fourth-order valence-electron chi connectivity index (χ4n) is 1.82. The third-order valence-electron chi connectivity index (χ3n) is 2.85. The van der Waals surface area contributed by atoms with Crippen LogP contribution in [0.5, 0.6) is 0 Å². The highest BCUT2D eigenvalue weighted by atomic mass is 19.1. The van der Waals surface area contributed by atoms with E-state index in [-0.39, 0.29) is 17.2 Å². The summed E-state index contributed by atoms with van der Waals surface area (Å²) in [5.74, 6) is -2.26. The lowest BCUT2D eigenvalue weighted by Crippen LogP contribution is -2.14. The number of carbonyl (C=O) groups is 2.